The van der Waals surface area contributed by atoms with Gasteiger partial charge in [-0.3, -0.25) is 10.1 Å². The maximum absolute atomic E-state index is 12.4. The summed E-state index contributed by atoms with van der Waals surface area (Å²) in [6.45, 7) is 7.84. The summed E-state index contributed by atoms with van der Waals surface area (Å²) in [7, 11) is 0. The number of carbonyl (C=O) groups is 1. The van der Waals surface area contributed by atoms with Crippen molar-refractivity contribution in [3.8, 4) is 11.5 Å². The van der Waals surface area contributed by atoms with E-state index in [-0.39, 0.29) is 23.4 Å². The molecule has 8 nitrogen and oxygen atoms in total. The van der Waals surface area contributed by atoms with Gasteiger partial charge in [-0.05, 0) is 80.1 Å². The summed E-state index contributed by atoms with van der Waals surface area (Å²) in [5.74, 6) is 0.608. The molecule has 0 amide bonds. The van der Waals surface area contributed by atoms with Crippen LogP contribution in [0.4, 0.5) is 5.69 Å². The third kappa shape index (κ3) is 5.22. The monoisotopic (exact) mass is 536 g/mol. The van der Waals surface area contributed by atoms with Crippen molar-refractivity contribution in [1.29, 1.82) is 0 Å². The van der Waals surface area contributed by atoms with E-state index in [1.165, 1.54) is 6.07 Å². The molecule has 3 rings (SSSR count). The van der Waals surface area contributed by atoms with Crippen LogP contribution in [0.25, 0.3) is 6.08 Å². The fourth-order valence-corrected chi connectivity index (χ4v) is 3.67. The van der Waals surface area contributed by atoms with E-state index in [1.54, 1.807) is 31.2 Å². The Morgan fingerprint density at radius 1 is 1.29 bits per heavy atom. The zero-order valence-corrected chi connectivity index (χ0v) is 19.6. The summed E-state index contributed by atoms with van der Waals surface area (Å²) in [6.07, 6.45) is 1.56. The van der Waals surface area contributed by atoms with Crippen molar-refractivity contribution in [2.45, 2.75) is 33.8 Å². The summed E-state index contributed by atoms with van der Waals surface area (Å²) in [5, 5.41) is 11.2. The summed E-state index contributed by atoms with van der Waals surface area (Å²) in [4.78, 5) is 27.3. The normalized spacial score (nSPS) is 14.6. The van der Waals surface area contributed by atoms with Crippen LogP contribution in [-0.2, 0) is 9.53 Å². The Labute approximate surface area is 193 Å². The van der Waals surface area contributed by atoms with Gasteiger partial charge in [0, 0.05) is 17.2 Å². The molecule has 2 aromatic carbocycles. The van der Waals surface area contributed by atoms with Gasteiger partial charge in [0.1, 0.15) is 0 Å². The first-order valence-corrected chi connectivity index (χ1v) is 10.7. The van der Waals surface area contributed by atoms with E-state index in [0.29, 0.717) is 34.8 Å². The van der Waals surface area contributed by atoms with E-state index >= 15 is 0 Å². The number of aliphatic imine (C=N–C) groups is 1. The molecule has 0 aliphatic carbocycles. The first-order chi connectivity index (χ1) is 14.7. The number of hydrogen-bond donors (Lipinski definition) is 0. The first-order valence-electron chi connectivity index (χ1n) is 9.60. The van der Waals surface area contributed by atoms with Crippen molar-refractivity contribution in [3.63, 3.8) is 0 Å². The van der Waals surface area contributed by atoms with E-state index in [0.717, 1.165) is 3.57 Å². The van der Waals surface area contributed by atoms with E-state index < -0.39 is 10.9 Å². The molecule has 1 heterocycles. The number of nitro groups is 1. The van der Waals surface area contributed by atoms with Crippen LogP contribution in [-0.4, -0.2) is 29.5 Å². The highest BCUT2D eigenvalue weighted by Gasteiger charge is 2.26. The number of esters is 1. The van der Waals surface area contributed by atoms with Crippen molar-refractivity contribution >= 4 is 46.2 Å². The summed E-state index contributed by atoms with van der Waals surface area (Å²) >= 11 is 2.15. The maximum atomic E-state index is 12.4. The van der Waals surface area contributed by atoms with Gasteiger partial charge < -0.3 is 14.2 Å². The van der Waals surface area contributed by atoms with Gasteiger partial charge >= 0.3 is 5.97 Å². The predicted molar refractivity (Wildman–Crippen MR) is 125 cm³/mol. The molecule has 2 aromatic rings. The van der Waals surface area contributed by atoms with Gasteiger partial charge in [0.25, 0.3) is 5.69 Å². The topological polar surface area (TPSA) is 100 Å². The molecule has 0 bridgehead atoms. The van der Waals surface area contributed by atoms with Crippen LogP contribution in [0.15, 0.2) is 41.0 Å². The molecular weight excluding hydrogens is 515 g/mol. The first kappa shape index (κ1) is 22.7. The molecule has 0 atom stereocenters. The van der Waals surface area contributed by atoms with E-state index in [2.05, 4.69) is 27.6 Å². The average molecular weight is 536 g/mol. The minimum atomic E-state index is -0.631. The van der Waals surface area contributed by atoms with Crippen LogP contribution in [0.1, 0.15) is 37.5 Å². The summed E-state index contributed by atoms with van der Waals surface area (Å²) < 4.78 is 17.7. The lowest BCUT2D eigenvalue weighted by molar-refractivity contribution is -0.385. The largest absolute Gasteiger partial charge is 0.490 e. The number of nitrogens with zero attached hydrogens (tertiary/aromatic N) is 2. The van der Waals surface area contributed by atoms with Gasteiger partial charge in [0.05, 0.1) is 21.2 Å². The van der Waals surface area contributed by atoms with Gasteiger partial charge in [0.15, 0.2) is 17.2 Å². The molecule has 0 spiro atoms. The van der Waals surface area contributed by atoms with Crippen LogP contribution in [0.5, 0.6) is 11.5 Å². The number of ether oxygens (including phenoxy) is 3. The van der Waals surface area contributed by atoms with Crippen molar-refractivity contribution in [3.05, 3.63) is 66.4 Å². The number of hydrogen-bond acceptors (Lipinski definition) is 7. The number of aryl methyl sites for hydroxylation is 1. The molecular formula is C22H21IN2O6. The Bertz CT molecular complexity index is 1110. The minimum absolute atomic E-state index is 0.0209. The number of cyclic esters (lactones) is 1. The van der Waals surface area contributed by atoms with Gasteiger partial charge in [-0.1, -0.05) is 6.07 Å². The standard InChI is InChI=1S/C22H21IN2O6/c1-5-29-19-10-14(8-16(23)20(19)30-12(2)3)9-17-22(26)31-21(24-17)15-7-6-13(4)18(11-15)25(27)28/h6-12H,5H2,1-4H3/b17-9-. The third-order valence-corrected chi connectivity index (χ3v) is 5.06. The molecule has 0 N–H and O–H groups in total. The highest BCUT2D eigenvalue weighted by Crippen LogP contribution is 2.36. The second-order valence-corrected chi connectivity index (χ2v) is 8.19. The Morgan fingerprint density at radius 2 is 2.03 bits per heavy atom. The molecule has 0 saturated heterocycles. The van der Waals surface area contributed by atoms with Crippen LogP contribution in [0.2, 0.25) is 0 Å². The Kier molecular flexibility index (Phi) is 6.94. The lowest BCUT2D eigenvalue weighted by Crippen LogP contribution is -2.09. The SMILES string of the molecule is CCOc1cc(/C=C2\N=C(c3ccc(C)c([N+](=O)[O-])c3)OC2=O)cc(I)c1OC(C)C. The van der Waals surface area contributed by atoms with E-state index in [4.69, 9.17) is 14.2 Å². The molecule has 0 saturated carbocycles. The number of rotatable bonds is 7. The van der Waals surface area contributed by atoms with Crippen LogP contribution >= 0.6 is 22.6 Å². The zero-order chi connectivity index (χ0) is 22.7. The number of halogens is 1. The fourth-order valence-electron chi connectivity index (χ4n) is 2.91. The fraction of sp³-hybridized carbons (Fsp3) is 0.273. The van der Waals surface area contributed by atoms with Crippen LogP contribution in [0, 0.1) is 20.6 Å². The Morgan fingerprint density at radius 3 is 2.68 bits per heavy atom. The van der Waals surface area contributed by atoms with Gasteiger partial charge in [-0.15, -0.1) is 0 Å². The van der Waals surface area contributed by atoms with Crippen molar-refractivity contribution < 1.29 is 23.9 Å². The van der Waals surface area contributed by atoms with Crippen molar-refractivity contribution in [2.75, 3.05) is 6.61 Å². The van der Waals surface area contributed by atoms with E-state index in [1.807, 2.05) is 26.8 Å². The highest BCUT2D eigenvalue weighted by atomic mass is 127. The van der Waals surface area contributed by atoms with Gasteiger partial charge in [-0.2, -0.15) is 0 Å². The lowest BCUT2D eigenvalue weighted by Gasteiger charge is -2.16. The average Bonchev–Trinajstić information content (AvgIpc) is 3.05. The van der Waals surface area contributed by atoms with Crippen molar-refractivity contribution in [1.82, 2.24) is 0 Å². The van der Waals surface area contributed by atoms with Crippen molar-refractivity contribution in [2.24, 2.45) is 4.99 Å². The molecule has 1 aliphatic heterocycles. The van der Waals surface area contributed by atoms with Crippen LogP contribution < -0.4 is 9.47 Å². The minimum Gasteiger partial charge on any atom is -0.490 e. The molecule has 0 unspecified atom stereocenters. The molecule has 0 fully saturated rings. The van der Waals surface area contributed by atoms with E-state index in [9.17, 15) is 14.9 Å². The summed E-state index contributed by atoms with van der Waals surface area (Å²) in [6, 6.07) is 8.19. The van der Waals surface area contributed by atoms with Crippen LogP contribution in [0.3, 0.4) is 0 Å². The Hall–Kier alpha value is -2.95. The number of carbonyl (C=O) groups excluding carboxylic acids is 1. The lowest BCUT2D eigenvalue weighted by atomic mass is 10.1. The quantitative estimate of drug-likeness (QED) is 0.162. The second kappa shape index (κ2) is 9.46. The highest BCUT2D eigenvalue weighted by molar-refractivity contribution is 14.1. The molecule has 162 valence electrons. The Balaban J connectivity index is 1.98. The predicted octanol–water partition coefficient (Wildman–Crippen LogP) is 5.04. The molecule has 0 radical (unpaired) electrons. The molecule has 9 heteroatoms. The smallest absolute Gasteiger partial charge is 0.363 e. The maximum Gasteiger partial charge on any atom is 0.363 e. The van der Waals surface area contributed by atoms with Gasteiger partial charge in [-0.25, -0.2) is 9.79 Å². The second-order valence-electron chi connectivity index (χ2n) is 7.02. The third-order valence-electron chi connectivity index (χ3n) is 4.26. The molecule has 1 aliphatic rings. The van der Waals surface area contributed by atoms with Gasteiger partial charge in [0.2, 0.25) is 5.90 Å². The zero-order valence-electron chi connectivity index (χ0n) is 17.5. The number of benzene rings is 2. The molecule has 0 aromatic heterocycles. The molecule has 31 heavy (non-hydrogen) atoms. The number of nitro benzene ring substituents is 1. The summed E-state index contributed by atoms with van der Waals surface area (Å²) in [5.41, 5.74) is 1.59.